The van der Waals surface area contributed by atoms with E-state index in [-0.39, 0.29) is 12.2 Å². The van der Waals surface area contributed by atoms with Gasteiger partial charge in [0, 0.05) is 60.5 Å². The van der Waals surface area contributed by atoms with E-state index in [1.165, 1.54) is 12.4 Å². The Morgan fingerprint density at radius 3 is 2.76 bits per heavy atom. The molecule has 1 aliphatic rings. The van der Waals surface area contributed by atoms with Gasteiger partial charge in [-0.25, -0.2) is 9.97 Å². The molecule has 0 aliphatic carbocycles. The second-order valence-corrected chi connectivity index (χ2v) is 8.37. The largest absolute Gasteiger partial charge is 0.404 e. The fourth-order valence-electron chi connectivity index (χ4n) is 4.23. The highest BCUT2D eigenvalue weighted by Gasteiger charge is 2.22. The predicted molar refractivity (Wildman–Crippen MR) is 133 cm³/mol. The first-order valence-corrected chi connectivity index (χ1v) is 10.9. The quantitative estimate of drug-likeness (QED) is 0.397. The molecule has 0 spiro atoms. The van der Waals surface area contributed by atoms with Crippen molar-refractivity contribution < 1.29 is 4.74 Å². The SMILES string of the molecule is C#Cc1ccc2nc(Nc3cc(CN4CC(C)OC(C)C4)cc(/C(C=N)=C/N)c3)ncc2c1. The summed E-state index contributed by atoms with van der Waals surface area (Å²) in [6.45, 7) is 6.70. The fraction of sp³-hybridized carbons (Fsp3) is 0.269. The van der Waals surface area contributed by atoms with Gasteiger partial charge >= 0.3 is 0 Å². The smallest absolute Gasteiger partial charge is 0.227 e. The van der Waals surface area contributed by atoms with Crippen molar-refractivity contribution in [2.75, 3.05) is 18.4 Å². The number of allylic oxidation sites excluding steroid dienone is 1. The average molecular weight is 441 g/mol. The van der Waals surface area contributed by atoms with Gasteiger partial charge in [-0.3, -0.25) is 4.90 Å². The van der Waals surface area contributed by atoms with Gasteiger partial charge in [-0.15, -0.1) is 6.42 Å². The summed E-state index contributed by atoms with van der Waals surface area (Å²) in [7, 11) is 0. The molecule has 3 aromatic rings. The first-order chi connectivity index (χ1) is 16.0. The number of hydrogen-bond acceptors (Lipinski definition) is 7. The summed E-state index contributed by atoms with van der Waals surface area (Å²) in [6, 6.07) is 11.8. The highest BCUT2D eigenvalue weighted by molar-refractivity contribution is 6.08. The van der Waals surface area contributed by atoms with E-state index >= 15 is 0 Å². The van der Waals surface area contributed by atoms with E-state index in [2.05, 4.69) is 52.1 Å². The number of fused-ring (bicyclic) bond motifs is 1. The van der Waals surface area contributed by atoms with Gasteiger partial charge in [-0.2, -0.15) is 0 Å². The first kappa shape index (κ1) is 22.5. The number of benzene rings is 2. The number of nitrogens with zero attached hydrogens (tertiary/aromatic N) is 3. The summed E-state index contributed by atoms with van der Waals surface area (Å²) >= 11 is 0. The highest BCUT2D eigenvalue weighted by atomic mass is 16.5. The Hall–Kier alpha value is -3.73. The summed E-state index contributed by atoms with van der Waals surface area (Å²) in [6.07, 6.45) is 10.3. The van der Waals surface area contributed by atoms with Crippen molar-refractivity contribution in [2.24, 2.45) is 5.73 Å². The molecule has 4 rings (SSSR count). The molecule has 0 radical (unpaired) electrons. The maximum Gasteiger partial charge on any atom is 0.227 e. The van der Waals surface area contributed by atoms with Crippen LogP contribution in [0.5, 0.6) is 0 Å². The normalized spacial score (nSPS) is 19.2. The number of anilines is 2. The minimum Gasteiger partial charge on any atom is -0.404 e. The fourth-order valence-corrected chi connectivity index (χ4v) is 4.23. The molecule has 0 amide bonds. The van der Waals surface area contributed by atoms with Gasteiger partial charge in [-0.05, 0) is 61.4 Å². The topological polar surface area (TPSA) is 100 Å². The molecule has 1 fully saturated rings. The van der Waals surface area contributed by atoms with Crippen LogP contribution in [0.2, 0.25) is 0 Å². The summed E-state index contributed by atoms with van der Waals surface area (Å²) < 4.78 is 5.87. The molecular weight excluding hydrogens is 412 g/mol. The van der Waals surface area contributed by atoms with E-state index in [0.717, 1.165) is 52.9 Å². The van der Waals surface area contributed by atoms with Crippen LogP contribution in [0.1, 0.15) is 30.5 Å². The minimum absolute atomic E-state index is 0.191. The van der Waals surface area contributed by atoms with E-state index in [0.29, 0.717) is 11.5 Å². The predicted octanol–water partition coefficient (Wildman–Crippen LogP) is 3.91. The molecule has 33 heavy (non-hydrogen) atoms. The molecule has 7 nitrogen and oxygen atoms in total. The lowest BCUT2D eigenvalue weighted by molar-refractivity contribution is -0.0704. The van der Waals surface area contributed by atoms with Crippen molar-refractivity contribution in [1.29, 1.82) is 5.41 Å². The van der Waals surface area contributed by atoms with Crippen LogP contribution >= 0.6 is 0 Å². The van der Waals surface area contributed by atoms with Crippen molar-refractivity contribution in [2.45, 2.75) is 32.6 Å². The third-order valence-electron chi connectivity index (χ3n) is 5.57. The molecule has 1 saturated heterocycles. The van der Waals surface area contributed by atoms with Crippen LogP contribution in [-0.2, 0) is 11.3 Å². The van der Waals surface area contributed by atoms with E-state index in [1.54, 1.807) is 6.20 Å². The van der Waals surface area contributed by atoms with E-state index < -0.39 is 0 Å². The Labute approximate surface area is 194 Å². The molecule has 2 atom stereocenters. The van der Waals surface area contributed by atoms with Gasteiger partial charge in [0.05, 0.1) is 17.7 Å². The van der Waals surface area contributed by atoms with Crippen LogP contribution in [0.3, 0.4) is 0 Å². The Balaban J connectivity index is 1.64. The zero-order valence-corrected chi connectivity index (χ0v) is 18.9. The number of aromatic nitrogens is 2. The van der Waals surface area contributed by atoms with Crippen LogP contribution in [-0.4, -0.2) is 46.4 Å². The third kappa shape index (κ3) is 5.37. The monoisotopic (exact) mass is 440 g/mol. The van der Waals surface area contributed by atoms with Gasteiger partial charge in [0.25, 0.3) is 0 Å². The maximum absolute atomic E-state index is 7.73. The van der Waals surface area contributed by atoms with Gasteiger partial charge in [0.1, 0.15) is 0 Å². The Morgan fingerprint density at radius 1 is 1.27 bits per heavy atom. The van der Waals surface area contributed by atoms with E-state index in [1.807, 2.05) is 24.3 Å². The summed E-state index contributed by atoms with van der Waals surface area (Å²) in [5, 5.41) is 11.9. The molecular formula is C26H28N6O. The van der Waals surface area contributed by atoms with Crippen LogP contribution in [0.15, 0.2) is 48.8 Å². The number of rotatable bonds is 6. The molecule has 168 valence electrons. The molecule has 0 saturated carbocycles. The molecule has 7 heteroatoms. The molecule has 2 heterocycles. The second kappa shape index (κ2) is 9.82. The number of nitrogens with one attached hydrogen (secondary N) is 2. The number of nitrogens with two attached hydrogens (primary N) is 1. The number of terminal acetylenes is 1. The summed E-state index contributed by atoms with van der Waals surface area (Å²) in [5.41, 5.74) is 10.8. The lowest BCUT2D eigenvalue weighted by Gasteiger charge is -2.35. The Morgan fingerprint density at radius 2 is 2.06 bits per heavy atom. The van der Waals surface area contributed by atoms with Crippen LogP contribution < -0.4 is 11.1 Å². The van der Waals surface area contributed by atoms with E-state index in [4.69, 9.17) is 22.3 Å². The number of morpholine rings is 1. The average Bonchev–Trinajstić information content (AvgIpc) is 2.79. The minimum atomic E-state index is 0.191. The van der Waals surface area contributed by atoms with Gasteiger partial charge in [-0.1, -0.05) is 5.92 Å². The van der Waals surface area contributed by atoms with Crippen molar-refractivity contribution in [1.82, 2.24) is 14.9 Å². The van der Waals surface area contributed by atoms with Crippen molar-refractivity contribution in [3.05, 3.63) is 65.5 Å². The van der Waals surface area contributed by atoms with Crippen molar-refractivity contribution in [3.8, 4) is 12.3 Å². The van der Waals surface area contributed by atoms with Gasteiger partial charge in [0.2, 0.25) is 5.95 Å². The molecule has 4 N–H and O–H groups in total. The summed E-state index contributed by atoms with van der Waals surface area (Å²) in [4.78, 5) is 11.5. The van der Waals surface area contributed by atoms with Gasteiger partial charge < -0.3 is 21.2 Å². The maximum atomic E-state index is 7.73. The molecule has 1 aliphatic heterocycles. The highest BCUT2D eigenvalue weighted by Crippen LogP contribution is 2.25. The second-order valence-electron chi connectivity index (χ2n) is 8.37. The molecule has 2 unspecified atom stereocenters. The Bertz CT molecular complexity index is 1240. The van der Waals surface area contributed by atoms with E-state index in [9.17, 15) is 0 Å². The molecule has 1 aromatic heterocycles. The van der Waals surface area contributed by atoms with Gasteiger partial charge in [0.15, 0.2) is 0 Å². The number of ether oxygens (including phenoxy) is 1. The van der Waals surface area contributed by atoms with Crippen LogP contribution in [0, 0.1) is 17.8 Å². The van der Waals surface area contributed by atoms with Crippen molar-refractivity contribution >= 4 is 34.3 Å². The summed E-state index contributed by atoms with van der Waals surface area (Å²) in [5.74, 6) is 3.12. The van der Waals surface area contributed by atoms with Crippen molar-refractivity contribution in [3.63, 3.8) is 0 Å². The third-order valence-corrected chi connectivity index (χ3v) is 5.57. The lowest BCUT2D eigenvalue weighted by atomic mass is 10.0. The molecule has 0 bridgehead atoms. The van der Waals surface area contributed by atoms with Crippen LogP contribution in [0.4, 0.5) is 11.6 Å². The molecule has 2 aromatic carbocycles. The zero-order valence-electron chi connectivity index (χ0n) is 18.9. The standard InChI is InChI=1S/C26H28N6O/c1-4-19-5-6-25-22(7-19)13-29-26(31-25)30-24-9-20(8-21(10-24)23(11-27)12-28)16-32-14-17(2)33-18(3)15-32/h1,5-13,17-18,27H,14-16,28H2,2-3H3,(H,29,30,31)/b23-12+,27-11?. The Kier molecular flexibility index (Phi) is 6.68. The number of hydrogen-bond donors (Lipinski definition) is 3. The lowest BCUT2D eigenvalue weighted by Crippen LogP contribution is -2.44. The first-order valence-electron chi connectivity index (χ1n) is 10.9. The van der Waals surface area contributed by atoms with Crippen LogP contribution in [0.25, 0.3) is 16.5 Å². The zero-order chi connectivity index (χ0) is 23.4.